The summed E-state index contributed by atoms with van der Waals surface area (Å²) in [4.78, 5) is 23.8. The molecule has 1 aromatic heterocycles. The summed E-state index contributed by atoms with van der Waals surface area (Å²) in [5, 5.41) is 9.33. The maximum Gasteiger partial charge on any atom is 0.276 e. The molecule has 8 heteroatoms. The van der Waals surface area contributed by atoms with Gasteiger partial charge >= 0.3 is 0 Å². The fraction of sp³-hybridized carbons (Fsp3) is 0.154. The predicted octanol–water partition coefficient (Wildman–Crippen LogP) is 1.27. The number of hydrogen-bond donors (Lipinski definition) is 3. The second-order valence-corrected chi connectivity index (χ2v) is 4.71. The Morgan fingerprint density at radius 2 is 2.05 bits per heavy atom. The van der Waals surface area contributed by atoms with E-state index in [0.29, 0.717) is 10.7 Å². The summed E-state index contributed by atoms with van der Waals surface area (Å²) in [5.41, 5.74) is 6.91. The van der Waals surface area contributed by atoms with Crippen LogP contribution in [0.15, 0.2) is 24.4 Å². The number of nitrogens with zero attached hydrogens (tertiary/aromatic N) is 2. The Balaban J connectivity index is 2.28. The quantitative estimate of drug-likeness (QED) is 0.794. The topological polar surface area (TPSA) is 102 Å². The Morgan fingerprint density at radius 3 is 2.62 bits per heavy atom. The lowest BCUT2D eigenvalue weighted by Gasteiger charge is -2.09. The van der Waals surface area contributed by atoms with Crippen molar-refractivity contribution in [3.8, 4) is 0 Å². The minimum absolute atomic E-state index is 0.242. The Labute approximate surface area is 126 Å². The van der Waals surface area contributed by atoms with Crippen LogP contribution in [0.5, 0.6) is 0 Å². The summed E-state index contributed by atoms with van der Waals surface area (Å²) in [6, 6.07) is 4.62. The van der Waals surface area contributed by atoms with Crippen molar-refractivity contribution in [1.82, 2.24) is 15.1 Å². The smallest absolute Gasteiger partial charge is 0.276 e. The van der Waals surface area contributed by atoms with Gasteiger partial charge in [-0.05, 0) is 18.2 Å². The molecule has 1 aromatic carbocycles. The zero-order valence-corrected chi connectivity index (χ0v) is 12.2. The van der Waals surface area contributed by atoms with E-state index in [1.807, 2.05) is 0 Å². The highest BCUT2D eigenvalue weighted by Gasteiger charge is 2.16. The van der Waals surface area contributed by atoms with Crippen molar-refractivity contribution in [1.29, 1.82) is 0 Å². The van der Waals surface area contributed by atoms with Gasteiger partial charge in [0.15, 0.2) is 0 Å². The van der Waals surface area contributed by atoms with Crippen LogP contribution in [0, 0.1) is 0 Å². The number of carbonyl (C=O) groups excluding carboxylic acids is 2. The van der Waals surface area contributed by atoms with Crippen molar-refractivity contribution in [3.05, 3.63) is 40.7 Å². The molecule has 4 N–H and O–H groups in total. The highest BCUT2D eigenvalue weighted by molar-refractivity contribution is 6.34. The Kier molecular flexibility index (Phi) is 4.13. The van der Waals surface area contributed by atoms with Crippen molar-refractivity contribution < 1.29 is 9.59 Å². The van der Waals surface area contributed by atoms with E-state index in [1.165, 1.54) is 30.1 Å². The number of nitrogens with two attached hydrogens (primary N) is 1. The Morgan fingerprint density at radius 1 is 1.33 bits per heavy atom. The van der Waals surface area contributed by atoms with Crippen LogP contribution in [0.4, 0.5) is 11.4 Å². The van der Waals surface area contributed by atoms with E-state index in [4.69, 9.17) is 17.3 Å². The molecule has 0 bridgehead atoms. The highest BCUT2D eigenvalue weighted by Crippen LogP contribution is 2.21. The van der Waals surface area contributed by atoms with E-state index in [1.54, 1.807) is 13.1 Å². The second kappa shape index (κ2) is 5.84. The first-order valence-corrected chi connectivity index (χ1v) is 6.42. The third-order valence-electron chi connectivity index (χ3n) is 2.88. The van der Waals surface area contributed by atoms with Gasteiger partial charge in [0.05, 0.1) is 22.5 Å². The fourth-order valence-electron chi connectivity index (χ4n) is 1.83. The molecule has 7 nitrogen and oxygen atoms in total. The second-order valence-electron chi connectivity index (χ2n) is 4.30. The number of aryl methyl sites for hydroxylation is 1. The first kappa shape index (κ1) is 14.9. The number of aromatic nitrogens is 2. The average Bonchev–Trinajstić information content (AvgIpc) is 2.79. The van der Waals surface area contributed by atoms with E-state index < -0.39 is 5.91 Å². The Hall–Kier alpha value is -2.54. The van der Waals surface area contributed by atoms with Crippen LogP contribution in [0.3, 0.4) is 0 Å². The molecule has 110 valence electrons. The summed E-state index contributed by atoms with van der Waals surface area (Å²) >= 11 is 5.95. The van der Waals surface area contributed by atoms with Crippen molar-refractivity contribution in [2.75, 3.05) is 18.1 Å². The molecular formula is C13H14ClN5O2. The van der Waals surface area contributed by atoms with Crippen LogP contribution in [-0.2, 0) is 7.05 Å². The normalized spacial score (nSPS) is 10.2. The summed E-state index contributed by atoms with van der Waals surface area (Å²) in [7, 11) is 3.11. The zero-order valence-electron chi connectivity index (χ0n) is 11.5. The van der Waals surface area contributed by atoms with Gasteiger partial charge in [0.25, 0.3) is 11.8 Å². The number of anilines is 2. The molecule has 2 amide bonds. The molecular weight excluding hydrogens is 294 g/mol. The van der Waals surface area contributed by atoms with Crippen LogP contribution in [0.2, 0.25) is 5.02 Å². The molecule has 0 aliphatic carbocycles. The van der Waals surface area contributed by atoms with Gasteiger partial charge in [-0.2, -0.15) is 5.10 Å². The molecule has 0 atom stereocenters. The van der Waals surface area contributed by atoms with Gasteiger partial charge in [-0.25, -0.2) is 0 Å². The van der Waals surface area contributed by atoms with Crippen molar-refractivity contribution in [2.45, 2.75) is 0 Å². The van der Waals surface area contributed by atoms with Gasteiger partial charge in [-0.15, -0.1) is 0 Å². The molecule has 1 heterocycles. The molecule has 0 aliphatic rings. The minimum Gasteiger partial charge on any atom is -0.396 e. The Bertz CT molecular complexity index is 691. The molecule has 0 fully saturated rings. The standard InChI is InChI=1S/C13H14ClN5O2/c1-16-12(20)8-5-7(3-4-9(8)14)18-13(21)11-10(15)6-17-19(11)2/h3-6H,15H2,1-2H3,(H,16,20)(H,18,21). The predicted molar refractivity (Wildman–Crippen MR) is 80.4 cm³/mol. The monoisotopic (exact) mass is 307 g/mol. The minimum atomic E-state index is -0.419. The van der Waals surface area contributed by atoms with Gasteiger partial charge in [0.2, 0.25) is 0 Å². The number of rotatable bonds is 3. The molecule has 0 unspecified atom stereocenters. The number of benzene rings is 1. The summed E-state index contributed by atoms with van der Waals surface area (Å²) in [6.45, 7) is 0. The fourth-order valence-corrected chi connectivity index (χ4v) is 2.04. The van der Waals surface area contributed by atoms with E-state index in [0.717, 1.165) is 0 Å². The number of amides is 2. The maximum atomic E-state index is 12.2. The van der Waals surface area contributed by atoms with Crippen LogP contribution >= 0.6 is 11.6 Å². The van der Waals surface area contributed by atoms with E-state index in [9.17, 15) is 9.59 Å². The number of nitrogens with one attached hydrogen (secondary N) is 2. The van der Waals surface area contributed by atoms with Crippen molar-refractivity contribution in [2.24, 2.45) is 7.05 Å². The lowest BCUT2D eigenvalue weighted by molar-refractivity contribution is 0.0961. The summed E-state index contributed by atoms with van der Waals surface area (Å²) in [6.07, 6.45) is 1.40. The molecule has 0 saturated carbocycles. The lowest BCUT2D eigenvalue weighted by atomic mass is 10.2. The van der Waals surface area contributed by atoms with E-state index in [-0.39, 0.29) is 22.9 Å². The van der Waals surface area contributed by atoms with Gasteiger partial charge in [0.1, 0.15) is 5.69 Å². The first-order chi connectivity index (χ1) is 9.93. The molecule has 0 saturated heterocycles. The molecule has 0 aliphatic heterocycles. The van der Waals surface area contributed by atoms with Crippen LogP contribution < -0.4 is 16.4 Å². The first-order valence-electron chi connectivity index (χ1n) is 6.04. The van der Waals surface area contributed by atoms with Gasteiger partial charge in [0, 0.05) is 19.8 Å². The molecule has 2 aromatic rings. The van der Waals surface area contributed by atoms with E-state index in [2.05, 4.69) is 15.7 Å². The van der Waals surface area contributed by atoms with Crippen molar-refractivity contribution in [3.63, 3.8) is 0 Å². The molecule has 2 rings (SSSR count). The van der Waals surface area contributed by atoms with E-state index >= 15 is 0 Å². The summed E-state index contributed by atoms with van der Waals surface area (Å²) < 4.78 is 1.38. The van der Waals surface area contributed by atoms with Gasteiger partial charge in [-0.3, -0.25) is 14.3 Å². The average molecular weight is 308 g/mol. The third-order valence-corrected chi connectivity index (χ3v) is 3.21. The third kappa shape index (κ3) is 2.97. The number of halogens is 1. The zero-order chi connectivity index (χ0) is 15.6. The van der Waals surface area contributed by atoms with Crippen LogP contribution in [-0.4, -0.2) is 28.6 Å². The summed E-state index contributed by atoms with van der Waals surface area (Å²) in [5.74, 6) is -0.756. The molecule has 21 heavy (non-hydrogen) atoms. The molecule has 0 radical (unpaired) electrons. The number of carbonyl (C=O) groups is 2. The highest BCUT2D eigenvalue weighted by atomic mass is 35.5. The number of hydrogen-bond acceptors (Lipinski definition) is 4. The van der Waals surface area contributed by atoms with Crippen molar-refractivity contribution >= 4 is 34.8 Å². The van der Waals surface area contributed by atoms with Gasteiger partial charge in [-0.1, -0.05) is 11.6 Å². The maximum absolute atomic E-state index is 12.2. The number of nitrogen functional groups attached to an aromatic ring is 1. The largest absolute Gasteiger partial charge is 0.396 e. The SMILES string of the molecule is CNC(=O)c1cc(NC(=O)c2c(N)cnn2C)ccc1Cl. The van der Waals surface area contributed by atoms with Crippen LogP contribution in [0.25, 0.3) is 0 Å². The lowest BCUT2D eigenvalue weighted by Crippen LogP contribution is -2.20. The van der Waals surface area contributed by atoms with Crippen LogP contribution in [0.1, 0.15) is 20.8 Å². The molecule has 0 spiro atoms. The van der Waals surface area contributed by atoms with Gasteiger partial charge < -0.3 is 16.4 Å².